The van der Waals surface area contributed by atoms with Gasteiger partial charge in [0.2, 0.25) is 5.91 Å². The number of fused-ring (bicyclic) bond motifs is 1. The molecule has 6 nitrogen and oxygen atoms in total. The van der Waals surface area contributed by atoms with E-state index in [4.69, 9.17) is 9.47 Å². The number of thiazole rings is 1. The molecule has 0 aliphatic rings. The highest BCUT2D eigenvalue weighted by molar-refractivity contribution is 7.15. The van der Waals surface area contributed by atoms with Gasteiger partial charge >= 0.3 is 0 Å². The van der Waals surface area contributed by atoms with Crippen molar-refractivity contribution in [2.75, 3.05) is 13.7 Å². The number of benzene rings is 1. The first-order chi connectivity index (χ1) is 13.0. The normalized spacial score (nSPS) is 12.3. The summed E-state index contributed by atoms with van der Waals surface area (Å²) in [6, 6.07) is 5.61. The van der Waals surface area contributed by atoms with Gasteiger partial charge in [0.15, 0.2) is 16.5 Å². The standard InChI is InChI=1S/C20H25N3O3S/c1-13(2)12-26-17-6-5-15(9-18(17)25-4)14(3)21-19(24)10-16-11-23-7-8-27-20(23)22-16/h5-9,11,13-14H,10,12H2,1-4H3,(H,21,24). The monoisotopic (exact) mass is 387 g/mol. The lowest BCUT2D eigenvalue weighted by atomic mass is 10.1. The number of aromatic nitrogens is 2. The van der Waals surface area contributed by atoms with Gasteiger partial charge in [-0.1, -0.05) is 19.9 Å². The molecule has 0 saturated carbocycles. The molecule has 0 spiro atoms. The largest absolute Gasteiger partial charge is 0.493 e. The SMILES string of the molecule is COc1cc(C(C)NC(=O)Cc2cn3ccsc3n2)ccc1OCC(C)C. The van der Waals surface area contributed by atoms with Crippen molar-refractivity contribution in [1.29, 1.82) is 0 Å². The van der Waals surface area contributed by atoms with Crippen molar-refractivity contribution in [1.82, 2.24) is 14.7 Å². The highest BCUT2D eigenvalue weighted by atomic mass is 32.1. The molecule has 0 bridgehead atoms. The van der Waals surface area contributed by atoms with Gasteiger partial charge in [-0.05, 0) is 30.5 Å². The first-order valence-electron chi connectivity index (χ1n) is 8.97. The molecule has 0 radical (unpaired) electrons. The topological polar surface area (TPSA) is 64.9 Å². The zero-order valence-electron chi connectivity index (χ0n) is 16.1. The fourth-order valence-corrected chi connectivity index (χ4v) is 3.45. The van der Waals surface area contributed by atoms with E-state index < -0.39 is 0 Å². The van der Waals surface area contributed by atoms with Crippen LogP contribution in [-0.2, 0) is 11.2 Å². The van der Waals surface area contributed by atoms with Crippen LogP contribution in [0.25, 0.3) is 4.96 Å². The van der Waals surface area contributed by atoms with Gasteiger partial charge in [-0.25, -0.2) is 4.98 Å². The fourth-order valence-electron chi connectivity index (χ4n) is 2.73. The Morgan fingerprint density at radius 2 is 2.11 bits per heavy atom. The second-order valence-corrected chi connectivity index (χ2v) is 7.78. The van der Waals surface area contributed by atoms with Gasteiger partial charge in [-0.2, -0.15) is 0 Å². The Morgan fingerprint density at radius 3 is 2.81 bits per heavy atom. The Morgan fingerprint density at radius 1 is 1.30 bits per heavy atom. The maximum absolute atomic E-state index is 12.4. The minimum atomic E-state index is -0.144. The summed E-state index contributed by atoms with van der Waals surface area (Å²) in [5.41, 5.74) is 1.73. The van der Waals surface area contributed by atoms with Gasteiger partial charge in [-0.15, -0.1) is 11.3 Å². The Labute approximate surface area is 163 Å². The fraction of sp³-hybridized carbons (Fsp3) is 0.400. The van der Waals surface area contributed by atoms with Crippen molar-refractivity contribution in [3.8, 4) is 11.5 Å². The second kappa shape index (κ2) is 8.43. The average molecular weight is 388 g/mol. The lowest BCUT2D eigenvalue weighted by Gasteiger charge is -2.17. The van der Waals surface area contributed by atoms with Crippen LogP contribution < -0.4 is 14.8 Å². The lowest BCUT2D eigenvalue weighted by Crippen LogP contribution is -2.28. The first-order valence-corrected chi connectivity index (χ1v) is 9.85. The van der Waals surface area contributed by atoms with E-state index in [9.17, 15) is 4.79 Å². The number of imidazole rings is 1. The summed E-state index contributed by atoms with van der Waals surface area (Å²) >= 11 is 1.55. The van der Waals surface area contributed by atoms with Gasteiger partial charge in [0.1, 0.15) is 0 Å². The molecule has 7 heteroatoms. The third-order valence-corrected chi connectivity index (χ3v) is 4.89. The number of methoxy groups -OCH3 is 1. The molecule has 1 unspecified atom stereocenters. The zero-order chi connectivity index (χ0) is 19.4. The number of rotatable bonds is 8. The van der Waals surface area contributed by atoms with Gasteiger partial charge in [0.25, 0.3) is 0 Å². The summed E-state index contributed by atoms with van der Waals surface area (Å²) in [4.78, 5) is 17.7. The minimum Gasteiger partial charge on any atom is -0.493 e. The lowest BCUT2D eigenvalue weighted by molar-refractivity contribution is -0.121. The summed E-state index contributed by atoms with van der Waals surface area (Å²) in [7, 11) is 1.62. The Hall–Kier alpha value is -2.54. The number of carbonyl (C=O) groups excluding carboxylic acids is 1. The zero-order valence-corrected chi connectivity index (χ0v) is 16.9. The van der Waals surface area contributed by atoms with Gasteiger partial charge < -0.3 is 14.8 Å². The van der Waals surface area contributed by atoms with Crippen molar-refractivity contribution >= 4 is 22.2 Å². The molecule has 27 heavy (non-hydrogen) atoms. The van der Waals surface area contributed by atoms with Crippen LogP contribution in [0.3, 0.4) is 0 Å². The minimum absolute atomic E-state index is 0.0626. The third kappa shape index (κ3) is 4.80. The van der Waals surface area contributed by atoms with Gasteiger partial charge in [0, 0.05) is 17.8 Å². The molecule has 0 saturated heterocycles. The molecular weight excluding hydrogens is 362 g/mol. The van der Waals surface area contributed by atoms with E-state index >= 15 is 0 Å². The van der Waals surface area contributed by atoms with Crippen molar-refractivity contribution in [2.45, 2.75) is 33.2 Å². The van der Waals surface area contributed by atoms with E-state index in [1.807, 2.05) is 47.3 Å². The van der Waals surface area contributed by atoms with Gasteiger partial charge in [0.05, 0.1) is 31.9 Å². The Balaban J connectivity index is 1.63. The Bertz CT molecular complexity index is 888. The number of nitrogens with zero attached hydrogens (tertiary/aromatic N) is 2. The molecule has 0 aliphatic heterocycles. The second-order valence-electron chi connectivity index (χ2n) is 6.91. The van der Waals surface area contributed by atoms with Crippen LogP contribution in [0.2, 0.25) is 0 Å². The summed E-state index contributed by atoms with van der Waals surface area (Å²) in [6.45, 7) is 6.78. The maximum Gasteiger partial charge on any atom is 0.226 e. The quantitative estimate of drug-likeness (QED) is 0.637. The van der Waals surface area contributed by atoms with Crippen LogP contribution in [-0.4, -0.2) is 29.0 Å². The molecule has 1 N–H and O–H groups in total. The van der Waals surface area contributed by atoms with Crippen LogP contribution in [0.1, 0.15) is 38.1 Å². The summed E-state index contributed by atoms with van der Waals surface area (Å²) in [5.74, 6) is 1.76. The van der Waals surface area contributed by atoms with E-state index in [0.29, 0.717) is 24.0 Å². The number of nitrogens with one attached hydrogen (secondary N) is 1. The molecule has 1 atom stereocenters. The number of hydrogen-bond donors (Lipinski definition) is 1. The summed E-state index contributed by atoms with van der Waals surface area (Å²) in [5, 5.41) is 4.99. The highest BCUT2D eigenvalue weighted by Crippen LogP contribution is 2.30. The number of carbonyl (C=O) groups is 1. The molecular formula is C20H25N3O3S. The molecule has 144 valence electrons. The average Bonchev–Trinajstić information content (AvgIpc) is 3.20. The molecule has 1 amide bonds. The van der Waals surface area contributed by atoms with Crippen LogP contribution in [0.4, 0.5) is 0 Å². The molecule has 1 aromatic carbocycles. The van der Waals surface area contributed by atoms with E-state index in [1.165, 1.54) is 0 Å². The van der Waals surface area contributed by atoms with Gasteiger partial charge in [-0.3, -0.25) is 9.20 Å². The van der Waals surface area contributed by atoms with Crippen molar-refractivity contribution in [3.05, 3.63) is 47.2 Å². The summed E-state index contributed by atoms with van der Waals surface area (Å²) < 4.78 is 13.2. The molecule has 3 aromatic rings. The Kier molecular flexibility index (Phi) is 6.01. The number of hydrogen-bond acceptors (Lipinski definition) is 5. The predicted molar refractivity (Wildman–Crippen MR) is 107 cm³/mol. The highest BCUT2D eigenvalue weighted by Gasteiger charge is 2.15. The third-order valence-electron chi connectivity index (χ3n) is 4.12. The predicted octanol–water partition coefficient (Wildman–Crippen LogP) is 3.86. The van der Waals surface area contributed by atoms with Crippen LogP contribution in [0.5, 0.6) is 11.5 Å². The van der Waals surface area contributed by atoms with E-state index in [2.05, 4.69) is 24.1 Å². The maximum atomic E-state index is 12.4. The first kappa shape index (κ1) is 19.2. The number of ether oxygens (including phenoxy) is 2. The summed E-state index contributed by atoms with van der Waals surface area (Å²) in [6.07, 6.45) is 4.08. The molecule has 2 heterocycles. The van der Waals surface area contributed by atoms with Crippen molar-refractivity contribution < 1.29 is 14.3 Å². The number of amides is 1. The van der Waals surface area contributed by atoms with Crippen molar-refractivity contribution in [2.24, 2.45) is 5.92 Å². The molecule has 2 aromatic heterocycles. The van der Waals surface area contributed by atoms with E-state index in [-0.39, 0.29) is 18.4 Å². The van der Waals surface area contributed by atoms with Crippen LogP contribution in [0, 0.1) is 5.92 Å². The van der Waals surface area contributed by atoms with E-state index in [0.717, 1.165) is 16.2 Å². The van der Waals surface area contributed by atoms with E-state index in [1.54, 1.807) is 18.4 Å². The van der Waals surface area contributed by atoms with Crippen LogP contribution >= 0.6 is 11.3 Å². The molecule has 0 fully saturated rings. The molecule has 0 aliphatic carbocycles. The molecule has 3 rings (SSSR count). The van der Waals surface area contributed by atoms with Crippen molar-refractivity contribution in [3.63, 3.8) is 0 Å². The van der Waals surface area contributed by atoms with Crippen LogP contribution in [0.15, 0.2) is 36.0 Å². The smallest absolute Gasteiger partial charge is 0.226 e.